The number of hydrogen-bond acceptors (Lipinski definition) is 5. The molecule has 1 fully saturated rings. The average molecular weight is 487 g/mol. The van der Waals surface area contributed by atoms with E-state index in [1.165, 1.54) is 24.3 Å². The molecule has 3 rings (SSSR count). The molecule has 10 heteroatoms. The van der Waals surface area contributed by atoms with E-state index >= 15 is 0 Å². The number of amides is 1. The van der Waals surface area contributed by atoms with Crippen LogP contribution in [0.3, 0.4) is 0 Å². The lowest BCUT2D eigenvalue weighted by Crippen LogP contribution is -2.35. The highest BCUT2D eigenvalue weighted by Crippen LogP contribution is 2.24. The number of sulfonamides is 1. The first kappa shape index (κ1) is 21.0. The molecule has 1 amide bonds. The summed E-state index contributed by atoms with van der Waals surface area (Å²) in [4.78, 5) is 12.4. The van der Waals surface area contributed by atoms with Crippen molar-refractivity contribution in [3.05, 3.63) is 58.1 Å². The van der Waals surface area contributed by atoms with Crippen molar-refractivity contribution in [2.24, 2.45) is 0 Å². The van der Waals surface area contributed by atoms with Gasteiger partial charge in [-0.05, 0) is 65.2 Å². The molecule has 1 aliphatic heterocycles. The van der Waals surface area contributed by atoms with Crippen molar-refractivity contribution in [2.75, 3.05) is 16.8 Å². The van der Waals surface area contributed by atoms with Gasteiger partial charge in [0.15, 0.2) is 9.84 Å². The van der Waals surface area contributed by atoms with E-state index in [1.807, 2.05) is 19.1 Å². The Morgan fingerprint density at radius 2 is 1.93 bits per heavy atom. The minimum absolute atomic E-state index is 0.0337. The van der Waals surface area contributed by atoms with Crippen LogP contribution in [-0.4, -0.2) is 40.3 Å². The van der Waals surface area contributed by atoms with Crippen LogP contribution in [0.5, 0.6) is 0 Å². The van der Waals surface area contributed by atoms with Gasteiger partial charge in [0.25, 0.3) is 5.91 Å². The second-order valence-electron chi connectivity index (χ2n) is 6.69. The largest absolute Gasteiger partial charge is 0.321 e. The van der Waals surface area contributed by atoms with E-state index in [4.69, 9.17) is 0 Å². The molecule has 1 atom stereocenters. The van der Waals surface area contributed by atoms with Gasteiger partial charge in [-0.3, -0.25) is 4.79 Å². The lowest BCUT2D eigenvalue weighted by molar-refractivity contribution is 0.102. The number of hydrogen-bond donors (Lipinski definition) is 2. The van der Waals surface area contributed by atoms with Crippen molar-refractivity contribution < 1.29 is 21.6 Å². The summed E-state index contributed by atoms with van der Waals surface area (Å²) >= 11 is 3.38. The van der Waals surface area contributed by atoms with E-state index in [2.05, 4.69) is 26.0 Å². The standard InChI is InChI=1S/C18H19BrN2O5S2/c1-12-5-6-17(16(19)9-12)20-18(22)13-3-2-4-15(10-13)28(25,26)21-14-7-8-27(23,24)11-14/h2-6,9-10,14,21H,7-8,11H2,1H3,(H,20,22). The molecule has 0 saturated carbocycles. The van der Waals surface area contributed by atoms with E-state index in [1.54, 1.807) is 6.07 Å². The summed E-state index contributed by atoms with van der Waals surface area (Å²) in [6.07, 6.45) is 0.239. The highest BCUT2D eigenvalue weighted by molar-refractivity contribution is 9.10. The third-order valence-corrected chi connectivity index (χ3v) is 8.28. The third-order valence-electron chi connectivity index (χ3n) is 4.33. The Kier molecular flexibility index (Phi) is 5.95. The molecular weight excluding hydrogens is 468 g/mol. The van der Waals surface area contributed by atoms with Crippen molar-refractivity contribution in [3.8, 4) is 0 Å². The Morgan fingerprint density at radius 3 is 2.57 bits per heavy atom. The summed E-state index contributed by atoms with van der Waals surface area (Å²) in [7, 11) is -7.15. The predicted octanol–water partition coefficient (Wildman–Crippen LogP) is 2.48. The molecule has 0 bridgehead atoms. The van der Waals surface area contributed by atoms with Crippen LogP contribution in [0.25, 0.3) is 0 Å². The topological polar surface area (TPSA) is 109 Å². The molecule has 0 spiro atoms. The molecule has 28 heavy (non-hydrogen) atoms. The fourth-order valence-corrected chi connectivity index (χ4v) is 6.58. The molecular formula is C18H19BrN2O5S2. The molecule has 0 aromatic heterocycles. The van der Waals surface area contributed by atoms with Gasteiger partial charge < -0.3 is 5.32 Å². The highest BCUT2D eigenvalue weighted by atomic mass is 79.9. The second kappa shape index (κ2) is 7.94. The molecule has 150 valence electrons. The van der Waals surface area contributed by atoms with Gasteiger partial charge in [-0.2, -0.15) is 0 Å². The maximum atomic E-state index is 12.6. The molecule has 2 aromatic rings. The van der Waals surface area contributed by atoms with Gasteiger partial charge in [0.1, 0.15) is 0 Å². The van der Waals surface area contributed by atoms with E-state index in [-0.39, 0.29) is 28.4 Å². The highest BCUT2D eigenvalue weighted by Gasteiger charge is 2.31. The molecule has 0 radical (unpaired) electrons. The number of carbonyl (C=O) groups is 1. The van der Waals surface area contributed by atoms with Crippen molar-refractivity contribution in [1.82, 2.24) is 4.72 Å². The van der Waals surface area contributed by atoms with Crippen molar-refractivity contribution in [1.29, 1.82) is 0 Å². The van der Waals surface area contributed by atoms with Crippen LogP contribution < -0.4 is 10.0 Å². The van der Waals surface area contributed by atoms with Gasteiger partial charge in [0.05, 0.1) is 22.1 Å². The SMILES string of the molecule is Cc1ccc(NC(=O)c2cccc(S(=O)(=O)NC3CCS(=O)(=O)C3)c2)c(Br)c1. The zero-order chi connectivity index (χ0) is 20.5. The summed E-state index contributed by atoms with van der Waals surface area (Å²) in [5, 5.41) is 2.74. The predicted molar refractivity (Wildman–Crippen MR) is 111 cm³/mol. The fourth-order valence-electron chi connectivity index (χ4n) is 2.90. The van der Waals surface area contributed by atoms with Gasteiger partial charge in [-0.1, -0.05) is 12.1 Å². The zero-order valence-electron chi connectivity index (χ0n) is 15.0. The number of rotatable bonds is 5. The Bertz CT molecular complexity index is 1130. The molecule has 1 saturated heterocycles. The first-order valence-electron chi connectivity index (χ1n) is 8.46. The lowest BCUT2D eigenvalue weighted by Gasteiger charge is -2.13. The Balaban J connectivity index is 1.78. The molecule has 0 aliphatic carbocycles. The van der Waals surface area contributed by atoms with Crippen molar-refractivity contribution in [3.63, 3.8) is 0 Å². The Hall–Kier alpha value is -1.75. The maximum Gasteiger partial charge on any atom is 0.255 e. The zero-order valence-corrected chi connectivity index (χ0v) is 18.2. The second-order valence-corrected chi connectivity index (χ2v) is 11.5. The number of anilines is 1. The molecule has 7 nitrogen and oxygen atoms in total. The van der Waals surface area contributed by atoms with E-state index < -0.39 is 31.8 Å². The summed E-state index contributed by atoms with van der Waals surface area (Å²) in [5.74, 6) is -0.702. The van der Waals surface area contributed by atoms with Crippen LogP contribution in [0.15, 0.2) is 51.8 Å². The van der Waals surface area contributed by atoms with Crippen LogP contribution in [0.2, 0.25) is 0 Å². The average Bonchev–Trinajstić information content (AvgIpc) is 2.95. The normalized spacial score (nSPS) is 18.7. The summed E-state index contributed by atoms with van der Waals surface area (Å²) in [5.41, 5.74) is 1.77. The van der Waals surface area contributed by atoms with Crippen molar-refractivity contribution >= 4 is 47.4 Å². The van der Waals surface area contributed by atoms with Crippen LogP contribution in [-0.2, 0) is 19.9 Å². The number of aryl methyl sites for hydroxylation is 1. The number of sulfone groups is 1. The van der Waals surface area contributed by atoms with Crippen LogP contribution in [0, 0.1) is 6.92 Å². The molecule has 1 unspecified atom stereocenters. The molecule has 1 aliphatic rings. The van der Waals surface area contributed by atoms with E-state index in [9.17, 15) is 21.6 Å². The number of benzene rings is 2. The molecule has 2 N–H and O–H groups in total. The lowest BCUT2D eigenvalue weighted by atomic mass is 10.2. The minimum atomic E-state index is -3.94. The summed E-state index contributed by atoms with van der Waals surface area (Å²) < 4.78 is 51.4. The number of halogens is 1. The van der Waals surface area contributed by atoms with Gasteiger partial charge >= 0.3 is 0 Å². The number of nitrogens with one attached hydrogen (secondary N) is 2. The van der Waals surface area contributed by atoms with Gasteiger partial charge in [-0.15, -0.1) is 0 Å². The Morgan fingerprint density at radius 1 is 1.18 bits per heavy atom. The fraction of sp³-hybridized carbons (Fsp3) is 0.278. The van der Waals surface area contributed by atoms with Crippen LogP contribution in [0.1, 0.15) is 22.3 Å². The third kappa shape index (κ3) is 4.99. The summed E-state index contributed by atoms with van der Waals surface area (Å²) in [6, 6.07) is 10.4. The van der Waals surface area contributed by atoms with E-state index in [0.29, 0.717) is 10.2 Å². The first-order chi connectivity index (χ1) is 13.1. The van der Waals surface area contributed by atoms with Gasteiger partial charge in [0, 0.05) is 16.1 Å². The van der Waals surface area contributed by atoms with Gasteiger partial charge in [-0.25, -0.2) is 21.6 Å². The van der Waals surface area contributed by atoms with E-state index in [0.717, 1.165) is 5.56 Å². The van der Waals surface area contributed by atoms with Crippen LogP contribution in [0.4, 0.5) is 5.69 Å². The minimum Gasteiger partial charge on any atom is -0.321 e. The smallest absolute Gasteiger partial charge is 0.255 e. The maximum absolute atomic E-state index is 12.6. The first-order valence-corrected chi connectivity index (χ1v) is 12.6. The molecule has 1 heterocycles. The Labute approximate surface area is 172 Å². The quantitative estimate of drug-likeness (QED) is 0.674. The molecule has 2 aromatic carbocycles. The number of carbonyl (C=O) groups excluding carboxylic acids is 1. The van der Waals surface area contributed by atoms with Gasteiger partial charge in [0.2, 0.25) is 10.0 Å². The van der Waals surface area contributed by atoms with Crippen LogP contribution >= 0.6 is 15.9 Å². The monoisotopic (exact) mass is 486 g/mol. The van der Waals surface area contributed by atoms with Crippen molar-refractivity contribution in [2.45, 2.75) is 24.3 Å². The summed E-state index contributed by atoms with van der Waals surface area (Å²) in [6.45, 7) is 1.92.